The number of halogens is 3. The molecule has 12 heteroatoms. The summed E-state index contributed by atoms with van der Waals surface area (Å²) in [4.78, 5) is 30.2. The summed E-state index contributed by atoms with van der Waals surface area (Å²) in [5, 5.41) is 18.8. The lowest BCUT2D eigenvalue weighted by Gasteiger charge is -2.32. The first-order valence-corrected chi connectivity index (χ1v) is 10.9. The summed E-state index contributed by atoms with van der Waals surface area (Å²) in [6.45, 7) is 3.05. The summed E-state index contributed by atoms with van der Waals surface area (Å²) >= 11 is 0. The quantitative estimate of drug-likeness (QED) is 0.476. The molecule has 1 fully saturated rings. The number of aryl methyl sites for hydroxylation is 1. The van der Waals surface area contributed by atoms with Crippen LogP contribution in [0.25, 0.3) is 0 Å². The monoisotopic (exact) mass is 488 g/mol. The topological polar surface area (TPSA) is 112 Å². The Hall–Kier alpha value is -4.09. The fourth-order valence-electron chi connectivity index (χ4n) is 3.88. The van der Waals surface area contributed by atoms with Gasteiger partial charge in [0.1, 0.15) is 5.82 Å². The van der Waals surface area contributed by atoms with Crippen LogP contribution in [-0.2, 0) is 11.0 Å². The first-order chi connectivity index (χ1) is 16.6. The minimum atomic E-state index is -4.42. The fourth-order valence-corrected chi connectivity index (χ4v) is 3.88. The van der Waals surface area contributed by atoms with Crippen LogP contribution in [0.15, 0.2) is 48.8 Å². The van der Waals surface area contributed by atoms with E-state index in [0.29, 0.717) is 37.3 Å². The van der Waals surface area contributed by atoms with Crippen LogP contribution in [0.4, 0.5) is 41.0 Å². The van der Waals surface area contributed by atoms with Crippen LogP contribution in [0.1, 0.15) is 24.0 Å². The molecule has 0 atom stereocenters. The van der Waals surface area contributed by atoms with E-state index in [-0.39, 0.29) is 11.7 Å². The number of hydrogen-bond donors (Lipinski definition) is 3. The molecule has 184 valence electrons. The van der Waals surface area contributed by atoms with Gasteiger partial charge in [-0.25, -0.2) is 9.78 Å². The molecule has 2 aromatic heterocycles. The van der Waals surface area contributed by atoms with Crippen LogP contribution in [0.3, 0.4) is 0 Å². The smallest absolute Gasteiger partial charge is 0.416 e. The molecule has 1 aliphatic heterocycles. The van der Waals surface area contributed by atoms with Gasteiger partial charge in [-0.2, -0.15) is 17.9 Å². The number of aromatic nitrogens is 3. The molecule has 9 nitrogen and oxygen atoms in total. The minimum Gasteiger partial charge on any atom is -0.481 e. The summed E-state index contributed by atoms with van der Waals surface area (Å²) in [6, 6.07) is 7.23. The Kier molecular flexibility index (Phi) is 6.63. The first kappa shape index (κ1) is 24.0. The number of benzene rings is 1. The number of amides is 1. The van der Waals surface area contributed by atoms with E-state index in [1.165, 1.54) is 30.6 Å². The number of carboxylic acid groups (broad SMARTS) is 1. The van der Waals surface area contributed by atoms with Gasteiger partial charge in [0, 0.05) is 31.0 Å². The average molecular weight is 488 g/mol. The van der Waals surface area contributed by atoms with Crippen molar-refractivity contribution in [1.29, 1.82) is 0 Å². The molecule has 35 heavy (non-hydrogen) atoms. The highest BCUT2D eigenvalue weighted by molar-refractivity contribution is 5.90. The Morgan fingerprint density at radius 1 is 1.09 bits per heavy atom. The van der Waals surface area contributed by atoms with E-state index in [0.717, 1.165) is 28.2 Å². The largest absolute Gasteiger partial charge is 0.481 e. The maximum Gasteiger partial charge on any atom is 0.416 e. The normalized spacial score (nSPS) is 14.6. The van der Waals surface area contributed by atoms with Gasteiger partial charge >= 0.3 is 18.2 Å². The number of hydrogen-bond acceptors (Lipinski definition) is 6. The number of aliphatic carboxylic acids is 1. The number of alkyl halides is 3. The highest BCUT2D eigenvalue weighted by atomic mass is 19.4. The van der Waals surface area contributed by atoms with Crippen LogP contribution >= 0.6 is 0 Å². The second kappa shape index (κ2) is 9.65. The van der Waals surface area contributed by atoms with E-state index in [1.54, 1.807) is 6.07 Å². The molecular weight excluding hydrogens is 465 g/mol. The lowest BCUT2D eigenvalue weighted by Crippen LogP contribution is -2.37. The number of nitrogens with zero attached hydrogens (tertiary/aromatic N) is 4. The molecule has 0 aliphatic carbocycles. The van der Waals surface area contributed by atoms with Gasteiger partial charge < -0.3 is 20.6 Å². The molecule has 3 N–H and O–H groups in total. The number of nitrogens with one attached hydrogen (secondary N) is 2. The summed E-state index contributed by atoms with van der Waals surface area (Å²) < 4.78 is 39.1. The number of carbonyl (C=O) groups excluding carboxylic acids is 1. The Balaban J connectivity index is 1.36. The Morgan fingerprint density at radius 3 is 2.37 bits per heavy atom. The number of carbonyl (C=O) groups is 2. The van der Waals surface area contributed by atoms with Gasteiger partial charge in [0.05, 0.1) is 23.4 Å². The van der Waals surface area contributed by atoms with Gasteiger partial charge in [0.25, 0.3) is 0 Å². The van der Waals surface area contributed by atoms with Crippen molar-refractivity contribution < 1.29 is 27.9 Å². The molecule has 0 unspecified atom stereocenters. The third-order valence-corrected chi connectivity index (χ3v) is 5.73. The van der Waals surface area contributed by atoms with Gasteiger partial charge in [-0.05, 0) is 55.7 Å². The zero-order valence-electron chi connectivity index (χ0n) is 18.7. The van der Waals surface area contributed by atoms with Gasteiger partial charge in [-0.15, -0.1) is 5.10 Å². The number of pyridine rings is 1. The first-order valence-electron chi connectivity index (χ1n) is 10.9. The van der Waals surface area contributed by atoms with E-state index in [4.69, 9.17) is 5.11 Å². The van der Waals surface area contributed by atoms with E-state index >= 15 is 0 Å². The standard InChI is InChI=1S/C23H23F3N6O3/c1-14-12-18(13-27-20(14)31-9-6-15(7-10-31)21(33)34)29-22(35)32-11-8-19(30-32)28-17-4-2-16(3-5-17)23(24,25)26/h2-5,8,11-13,15H,6-7,9-10H2,1H3,(H,28,30)(H,29,35)(H,33,34). The number of anilines is 4. The van der Waals surface area contributed by atoms with Crippen LogP contribution in [-0.4, -0.2) is 45.0 Å². The van der Waals surface area contributed by atoms with Crippen molar-refractivity contribution in [2.24, 2.45) is 5.92 Å². The zero-order valence-corrected chi connectivity index (χ0v) is 18.7. The van der Waals surface area contributed by atoms with E-state index in [1.807, 2.05) is 11.8 Å². The Labute approximate surface area is 198 Å². The van der Waals surface area contributed by atoms with E-state index in [9.17, 15) is 22.8 Å². The van der Waals surface area contributed by atoms with Crippen LogP contribution < -0.4 is 15.5 Å². The van der Waals surface area contributed by atoms with Crippen molar-refractivity contribution in [2.45, 2.75) is 25.9 Å². The van der Waals surface area contributed by atoms with Crippen molar-refractivity contribution in [3.05, 3.63) is 59.9 Å². The molecule has 0 bridgehead atoms. The highest BCUT2D eigenvalue weighted by Crippen LogP contribution is 2.30. The zero-order chi connectivity index (χ0) is 25.2. The third kappa shape index (κ3) is 5.70. The SMILES string of the molecule is Cc1cc(NC(=O)n2ccc(Nc3ccc(C(F)(F)F)cc3)n2)cnc1N1CCC(C(=O)O)CC1. The van der Waals surface area contributed by atoms with Crippen LogP contribution in [0.5, 0.6) is 0 Å². The predicted octanol–water partition coefficient (Wildman–Crippen LogP) is 4.73. The van der Waals surface area contributed by atoms with Crippen LogP contribution in [0, 0.1) is 12.8 Å². The molecule has 0 radical (unpaired) electrons. The van der Waals surface area contributed by atoms with Gasteiger partial charge in [-0.1, -0.05) is 0 Å². The van der Waals surface area contributed by atoms with Crippen molar-refractivity contribution in [1.82, 2.24) is 14.8 Å². The molecule has 3 aromatic rings. The summed E-state index contributed by atoms with van der Waals surface area (Å²) in [7, 11) is 0. The summed E-state index contributed by atoms with van der Waals surface area (Å²) in [6.07, 6.45) is -0.369. The van der Waals surface area contributed by atoms with Gasteiger partial charge in [0.2, 0.25) is 0 Å². The summed E-state index contributed by atoms with van der Waals surface area (Å²) in [5.74, 6) is -0.0789. The highest BCUT2D eigenvalue weighted by Gasteiger charge is 2.30. The van der Waals surface area contributed by atoms with E-state index < -0.39 is 23.7 Å². The Morgan fingerprint density at radius 2 is 1.77 bits per heavy atom. The maximum absolute atomic E-state index is 12.7. The molecule has 3 heterocycles. The Bertz CT molecular complexity index is 1220. The lowest BCUT2D eigenvalue weighted by molar-refractivity contribution is -0.142. The van der Waals surface area contributed by atoms with Crippen molar-refractivity contribution in [2.75, 3.05) is 28.6 Å². The lowest BCUT2D eigenvalue weighted by atomic mass is 9.97. The number of carboxylic acids is 1. The molecule has 0 spiro atoms. The predicted molar refractivity (Wildman–Crippen MR) is 123 cm³/mol. The molecule has 1 amide bonds. The summed E-state index contributed by atoms with van der Waals surface area (Å²) in [5.41, 5.74) is 0.935. The minimum absolute atomic E-state index is 0.286. The fraction of sp³-hybridized carbons (Fsp3) is 0.304. The molecule has 4 rings (SSSR count). The number of piperidine rings is 1. The molecule has 1 aliphatic rings. The van der Waals surface area contributed by atoms with Gasteiger partial charge in [-0.3, -0.25) is 4.79 Å². The number of rotatable bonds is 5. The van der Waals surface area contributed by atoms with Crippen LogP contribution in [0.2, 0.25) is 0 Å². The maximum atomic E-state index is 12.7. The molecule has 1 aromatic carbocycles. The second-order valence-electron chi connectivity index (χ2n) is 8.24. The van der Waals surface area contributed by atoms with Crippen molar-refractivity contribution in [3.8, 4) is 0 Å². The molecule has 0 saturated carbocycles. The average Bonchev–Trinajstić information content (AvgIpc) is 3.28. The van der Waals surface area contributed by atoms with E-state index in [2.05, 4.69) is 20.7 Å². The molecular formula is C23H23F3N6O3. The van der Waals surface area contributed by atoms with Gasteiger partial charge in [0.15, 0.2) is 5.82 Å². The van der Waals surface area contributed by atoms with Crippen molar-refractivity contribution in [3.63, 3.8) is 0 Å². The third-order valence-electron chi connectivity index (χ3n) is 5.73. The molecule has 1 saturated heterocycles. The van der Waals surface area contributed by atoms with Crippen molar-refractivity contribution >= 4 is 35.0 Å². The second-order valence-corrected chi connectivity index (χ2v) is 8.24.